The lowest BCUT2D eigenvalue weighted by Gasteiger charge is -1.82. The summed E-state index contributed by atoms with van der Waals surface area (Å²) in [6.07, 6.45) is 0. The van der Waals surface area contributed by atoms with Crippen molar-refractivity contribution >= 4 is 18.8 Å². The molecule has 7 heteroatoms. The summed E-state index contributed by atoms with van der Waals surface area (Å²) < 4.78 is 8.88. The van der Waals surface area contributed by atoms with Crippen LogP contribution in [0.1, 0.15) is 0 Å². The van der Waals surface area contributed by atoms with Gasteiger partial charge in [-0.25, -0.2) is 4.57 Å². The summed E-state index contributed by atoms with van der Waals surface area (Å²) in [7, 11) is -4.64. The Morgan fingerprint density at radius 1 is 1.14 bits per heavy atom. The molecule has 0 aromatic rings. The molecule has 48 valence electrons. The van der Waals surface area contributed by atoms with E-state index in [0.29, 0.717) is 0 Å². The van der Waals surface area contributed by atoms with Crippen LogP contribution in [0.25, 0.3) is 0 Å². The van der Waals surface area contributed by atoms with Crippen LogP contribution < -0.4 is 0 Å². The van der Waals surface area contributed by atoms with E-state index >= 15 is 0 Å². The van der Waals surface area contributed by atoms with Crippen LogP contribution in [0, 0.1) is 0 Å². The molecule has 0 bridgehead atoms. The van der Waals surface area contributed by atoms with Gasteiger partial charge < -0.3 is 20.2 Å². The molecular formula is H9O5PSi. The van der Waals surface area contributed by atoms with E-state index in [1.54, 1.807) is 0 Å². The topological polar surface area (TPSA) is 109 Å². The van der Waals surface area contributed by atoms with Crippen molar-refractivity contribution in [2.24, 2.45) is 0 Å². The van der Waals surface area contributed by atoms with Crippen molar-refractivity contribution < 1.29 is 24.7 Å². The molecule has 7 heavy (non-hydrogen) atoms. The highest BCUT2D eigenvalue weighted by Gasteiger charge is 2.00. The largest absolute Gasteiger partial charge is 0.466 e. The summed E-state index contributed by atoms with van der Waals surface area (Å²) in [4.78, 5) is 21.6. The van der Waals surface area contributed by atoms with Gasteiger partial charge in [0.05, 0.1) is 0 Å². The molecule has 0 heterocycles. The van der Waals surface area contributed by atoms with E-state index in [2.05, 4.69) is 0 Å². The number of hydrogen-bond donors (Lipinski definition) is 3. The fourth-order valence-electron chi connectivity index (χ4n) is 0. The number of phosphoric acid groups is 1. The maximum atomic E-state index is 8.88. The van der Waals surface area contributed by atoms with Crippen LogP contribution in [0.4, 0.5) is 0 Å². The maximum absolute atomic E-state index is 8.88. The molecular weight excluding hydrogens is 139 g/mol. The van der Waals surface area contributed by atoms with Crippen molar-refractivity contribution in [1.29, 1.82) is 0 Å². The van der Waals surface area contributed by atoms with Crippen molar-refractivity contribution in [1.82, 2.24) is 0 Å². The Morgan fingerprint density at radius 3 is 1.14 bits per heavy atom. The zero-order valence-corrected chi connectivity index (χ0v) is 3.59. The van der Waals surface area contributed by atoms with E-state index in [4.69, 9.17) is 19.2 Å². The third kappa shape index (κ3) is 1400. The Kier molecular flexibility index (Phi) is 9.95. The Labute approximate surface area is 44.6 Å². The molecule has 5 N–H and O–H groups in total. The highest BCUT2D eigenvalue weighted by Crippen LogP contribution is 2.25. The molecule has 0 saturated heterocycles. The van der Waals surface area contributed by atoms with E-state index in [-0.39, 0.29) is 16.4 Å². The van der Waals surface area contributed by atoms with Crippen LogP contribution in [0.3, 0.4) is 0 Å². The Bertz CT molecular complexity index is 54.2. The number of rotatable bonds is 0. The minimum Gasteiger partial charge on any atom is -0.412 e. The van der Waals surface area contributed by atoms with Gasteiger partial charge in [0.25, 0.3) is 0 Å². The van der Waals surface area contributed by atoms with Gasteiger partial charge in [-0.05, 0) is 11.0 Å². The third-order valence-electron chi connectivity index (χ3n) is 0. The molecule has 0 unspecified atom stereocenters. The predicted molar refractivity (Wildman–Crippen MR) is 29.2 cm³/mol. The normalized spacial score (nSPS) is 8.43. The second-order valence-corrected chi connectivity index (χ2v) is 1.54. The fraction of sp³-hybridized carbons (Fsp3) is 0. The summed E-state index contributed by atoms with van der Waals surface area (Å²) in [5, 5.41) is 0. The molecule has 0 spiro atoms. The summed E-state index contributed by atoms with van der Waals surface area (Å²) in [5.74, 6) is 0. The van der Waals surface area contributed by atoms with E-state index in [1.807, 2.05) is 0 Å². The Hall–Kier alpha value is 0.287. The molecule has 0 rings (SSSR count). The molecule has 0 amide bonds. The molecule has 0 aliphatic rings. The van der Waals surface area contributed by atoms with Gasteiger partial charge in [-0.15, -0.1) is 0 Å². The molecule has 5 nitrogen and oxygen atoms in total. The average molecular weight is 148 g/mol. The Morgan fingerprint density at radius 2 is 1.14 bits per heavy atom. The molecule has 0 aliphatic carbocycles. The first-order valence-electron chi connectivity index (χ1n) is 0.783. The standard InChI is InChI=1S/H3O4P.H2O.H4Si/c1-5(2,3)4;;/h(H3,1,2,3,4);1H2;1H4. The molecule has 0 aliphatic heterocycles. The lowest BCUT2D eigenvalue weighted by molar-refractivity contribution is 0.275. The second-order valence-electron chi connectivity index (χ2n) is 0.513. The van der Waals surface area contributed by atoms with Crippen LogP contribution in [-0.4, -0.2) is 31.1 Å². The molecule has 0 aromatic carbocycles. The minimum absolute atomic E-state index is 0. The average Bonchev–Trinajstić information content (AvgIpc) is 0.722. The summed E-state index contributed by atoms with van der Waals surface area (Å²) in [6.45, 7) is 0. The van der Waals surface area contributed by atoms with Crippen molar-refractivity contribution in [2.45, 2.75) is 0 Å². The summed E-state index contributed by atoms with van der Waals surface area (Å²) >= 11 is 0. The SMILES string of the molecule is O.O=P(O)(O)O.[SiH4]. The van der Waals surface area contributed by atoms with Gasteiger partial charge in [-0.2, -0.15) is 0 Å². The summed E-state index contributed by atoms with van der Waals surface area (Å²) in [6, 6.07) is 0. The predicted octanol–water partition coefficient (Wildman–Crippen LogP) is -3.20. The van der Waals surface area contributed by atoms with Crippen LogP contribution in [0.5, 0.6) is 0 Å². The highest BCUT2D eigenvalue weighted by molar-refractivity contribution is 7.45. The van der Waals surface area contributed by atoms with Crippen LogP contribution in [0.2, 0.25) is 0 Å². The van der Waals surface area contributed by atoms with E-state index in [0.717, 1.165) is 0 Å². The fourth-order valence-corrected chi connectivity index (χ4v) is 0. The molecule has 0 atom stereocenters. The van der Waals surface area contributed by atoms with E-state index in [1.165, 1.54) is 0 Å². The molecule has 0 saturated carbocycles. The molecule has 0 aromatic heterocycles. The monoisotopic (exact) mass is 148 g/mol. The second kappa shape index (κ2) is 4.45. The number of hydrogen-bond acceptors (Lipinski definition) is 1. The van der Waals surface area contributed by atoms with Gasteiger partial charge >= 0.3 is 7.82 Å². The zero-order chi connectivity index (χ0) is 4.50. The lowest BCUT2D eigenvalue weighted by atomic mass is 15.8. The van der Waals surface area contributed by atoms with Gasteiger partial charge in [0, 0.05) is 0 Å². The van der Waals surface area contributed by atoms with Gasteiger partial charge in [-0.1, -0.05) is 0 Å². The van der Waals surface area contributed by atoms with E-state index in [9.17, 15) is 0 Å². The van der Waals surface area contributed by atoms with Gasteiger partial charge in [-0.3, -0.25) is 0 Å². The highest BCUT2D eigenvalue weighted by atomic mass is 31.2. The lowest BCUT2D eigenvalue weighted by Crippen LogP contribution is -1.66. The summed E-state index contributed by atoms with van der Waals surface area (Å²) in [5.41, 5.74) is 0. The van der Waals surface area contributed by atoms with Crippen molar-refractivity contribution in [2.75, 3.05) is 0 Å². The van der Waals surface area contributed by atoms with Gasteiger partial charge in [0.15, 0.2) is 0 Å². The van der Waals surface area contributed by atoms with Crippen molar-refractivity contribution in [3.05, 3.63) is 0 Å². The van der Waals surface area contributed by atoms with Gasteiger partial charge in [0.1, 0.15) is 0 Å². The maximum Gasteiger partial charge on any atom is 0.466 e. The first kappa shape index (κ1) is 15.7. The molecule has 0 fully saturated rings. The Balaban J connectivity index is -0.0000000800. The quantitative estimate of drug-likeness (QED) is 0.248. The van der Waals surface area contributed by atoms with Crippen molar-refractivity contribution in [3.8, 4) is 0 Å². The van der Waals surface area contributed by atoms with Crippen LogP contribution >= 0.6 is 7.82 Å². The molecule has 0 radical (unpaired) electrons. The van der Waals surface area contributed by atoms with Crippen molar-refractivity contribution in [3.63, 3.8) is 0 Å². The first-order valence-corrected chi connectivity index (χ1v) is 2.35. The van der Waals surface area contributed by atoms with Crippen LogP contribution in [-0.2, 0) is 4.57 Å². The first-order chi connectivity index (χ1) is 2.00. The van der Waals surface area contributed by atoms with Crippen LogP contribution in [0.15, 0.2) is 0 Å². The smallest absolute Gasteiger partial charge is 0.412 e. The third-order valence-corrected chi connectivity index (χ3v) is 0. The zero-order valence-electron chi connectivity index (χ0n) is 2.70. The minimum atomic E-state index is -4.64. The van der Waals surface area contributed by atoms with E-state index < -0.39 is 7.82 Å². The van der Waals surface area contributed by atoms with Gasteiger partial charge in [0.2, 0.25) is 0 Å².